The van der Waals surface area contributed by atoms with Crippen molar-refractivity contribution in [1.29, 1.82) is 0 Å². The lowest BCUT2D eigenvalue weighted by Gasteiger charge is -2.26. The molecule has 1 aliphatic rings. The van der Waals surface area contributed by atoms with Crippen LogP contribution < -0.4 is 0 Å². The molecular weight excluding hydrogens is 416 g/mol. The number of hydrogen-bond donors (Lipinski definition) is 0. The van der Waals surface area contributed by atoms with Gasteiger partial charge in [-0.2, -0.15) is 0 Å². The summed E-state index contributed by atoms with van der Waals surface area (Å²) in [6.45, 7) is 6.64. The summed E-state index contributed by atoms with van der Waals surface area (Å²) in [7, 11) is 0. The van der Waals surface area contributed by atoms with Crippen molar-refractivity contribution >= 4 is 11.4 Å². The van der Waals surface area contributed by atoms with Crippen LogP contribution in [0, 0.1) is 20.2 Å². The van der Waals surface area contributed by atoms with Gasteiger partial charge in [0, 0.05) is 63.5 Å². The van der Waals surface area contributed by atoms with Crippen LogP contribution in [0.1, 0.15) is 11.1 Å². The van der Waals surface area contributed by atoms with Crippen molar-refractivity contribution in [1.82, 2.24) is 9.80 Å². The van der Waals surface area contributed by atoms with Crippen molar-refractivity contribution in [2.24, 2.45) is 0 Å². The monoisotopic (exact) mass is 444 g/mol. The number of nitro groups is 2. The van der Waals surface area contributed by atoms with Gasteiger partial charge in [0.15, 0.2) is 0 Å². The third-order valence-corrected chi connectivity index (χ3v) is 5.31. The molecule has 0 spiro atoms. The number of rotatable bonds is 6. The molecule has 10 nitrogen and oxygen atoms in total. The Balaban J connectivity index is 1.48. The molecule has 1 saturated heterocycles. The van der Waals surface area contributed by atoms with E-state index < -0.39 is 9.85 Å². The van der Waals surface area contributed by atoms with E-state index in [9.17, 15) is 20.2 Å². The second kappa shape index (κ2) is 12.2. The number of hydrogen-bond acceptors (Lipinski definition) is 8. The zero-order chi connectivity index (χ0) is 22.8. The van der Waals surface area contributed by atoms with Crippen LogP contribution in [-0.2, 0) is 22.6 Å². The van der Waals surface area contributed by atoms with E-state index in [-0.39, 0.29) is 11.4 Å². The van der Waals surface area contributed by atoms with E-state index >= 15 is 0 Å². The van der Waals surface area contributed by atoms with E-state index in [4.69, 9.17) is 9.47 Å². The standard InChI is InChI=1S/C22H28N4O6/c27-25(28)21-5-1-19(2-6-21)17-23-9-13-31-15-11-24(12-16-32-14-10-23)18-20-3-7-22(8-4-20)26(29)30/h1-8H,9-18H2. The average molecular weight is 444 g/mol. The molecule has 0 aliphatic carbocycles. The fourth-order valence-electron chi connectivity index (χ4n) is 3.48. The normalized spacial score (nSPS) is 17.2. The predicted molar refractivity (Wildman–Crippen MR) is 118 cm³/mol. The van der Waals surface area contributed by atoms with Gasteiger partial charge in [0.1, 0.15) is 0 Å². The third-order valence-electron chi connectivity index (χ3n) is 5.31. The van der Waals surface area contributed by atoms with E-state index in [1.165, 1.54) is 24.3 Å². The molecule has 172 valence electrons. The Morgan fingerprint density at radius 2 is 0.938 bits per heavy atom. The molecule has 32 heavy (non-hydrogen) atoms. The Labute approximate surface area is 186 Å². The largest absolute Gasteiger partial charge is 0.379 e. The van der Waals surface area contributed by atoms with Gasteiger partial charge in [0.2, 0.25) is 0 Å². The lowest BCUT2D eigenvalue weighted by Crippen LogP contribution is -2.35. The molecule has 0 aromatic heterocycles. The lowest BCUT2D eigenvalue weighted by molar-refractivity contribution is -0.385. The van der Waals surface area contributed by atoms with Crippen LogP contribution in [0.5, 0.6) is 0 Å². The molecule has 1 heterocycles. The highest BCUT2D eigenvalue weighted by molar-refractivity contribution is 5.33. The summed E-state index contributed by atoms with van der Waals surface area (Å²) in [5, 5.41) is 21.6. The van der Waals surface area contributed by atoms with Crippen LogP contribution in [0.15, 0.2) is 48.5 Å². The second-order valence-electron chi connectivity index (χ2n) is 7.62. The maximum Gasteiger partial charge on any atom is 0.269 e. The predicted octanol–water partition coefficient (Wildman–Crippen LogP) is 2.85. The quantitative estimate of drug-likeness (QED) is 0.494. The van der Waals surface area contributed by atoms with Crippen LogP contribution in [0.4, 0.5) is 11.4 Å². The zero-order valence-electron chi connectivity index (χ0n) is 17.9. The van der Waals surface area contributed by atoms with E-state index in [1.807, 2.05) is 0 Å². The van der Waals surface area contributed by atoms with Gasteiger partial charge in [-0.3, -0.25) is 30.0 Å². The molecule has 3 rings (SSSR count). The minimum Gasteiger partial charge on any atom is -0.379 e. The highest BCUT2D eigenvalue weighted by atomic mass is 16.6. The highest BCUT2D eigenvalue weighted by Crippen LogP contribution is 2.15. The van der Waals surface area contributed by atoms with Crippen LogP contribution in [-0.4, -0.2) is 72.3 Å². The zero-order valence-corrected chi connectivity index (χ0v) is 17.9. The summed E-state index contributed by atoms with van der Waals surface area (Å²) >= 11 is 0. The van der Waals surface area contributed by atoms with Crippen molar-refractivity contribution in [3.05, 3.63) is 79.9 Å². The van der Waals surface area contributed by atoms with Gasteiger partial charge in [0.25, 0.3) is 11.4 Å². The van der Waals surface area contributed by atoms with Crippen molar-refractivity contribution in [2.45, 2.75) is 13.1 Å². The Morgan fingerprint density at radius 3 is 1.22 bits per heavy atom. The number of ether oxygens (including phenoxy) is 2. The molecule has 0 saturated carbocycles. The maximum atomic E-state index is 10.8. The maximum absolute atomic E-state index is 10.8. The topological polar surface area (TPSA) is 111 Å². The van der Waals surface area contributed by atoms with E-state index in [0.29, 0.717) is 39.5 Å². The first-order chi connectivity index (χ1) is 15.5. The summed E-state index contributed by atoms with van der Waals surface area (Å²) in [6.07, 6.45) is 0. The van der Waals surface area contributed by atoms with E-state index in [0.717, 1.165) is 37.3 Å². The number of nitrogens with zero attached hydrogens (tertiary/aromatic N) is 4. The van der Waals surface area contributed by atoms with Crippen LogP contribution in [0.2, 0.25) is 0 Å². The molecule has 0 bridgehead atoms. The molecule has 0 amide bonds. The molecule has 0 atom stereocenters. The minimum atomic E-state index is -0.396. The average Bonchev–Trinajstić information content (AvgIpc) is 2.77. The molecular formula is C22H28N4O6. The van der Waals surface area contributed by atoms with E-state index in [1.54, 1.807) is 24.3 Å². The number of benzene rings is 2. The van der Waals surface area contributed by atoms with Gasteiger partial charge in [-0.1, -0.05) is 24.3 Å². The summed E-state index contributed by atoms with van der Waals surface area (Å²) in [4.78, 5) is 25.3. The van der Waals surface area contributed by atoms with Crippen molar-refractivity contribution in [3.63, 3.8) is 0 Å². The Hall–Kier alpha value is -2.92. The minimum absolute atomic E-state index is 0.0902. The first-order valence-electron chi connectivity index (χ1n) is 10.6. The number of nitro benzene ring substituents is 2. The molecule has 0 radical (unpaired) electrons. The van der Waals surface area contributed by atoms with Crippen LogP contribution in [0.25, 0.3) is 0 Å². The highest BCUT2D eigenvalue weighted by Gasteiger charge is 2.12. The summed E-state index contributed by atoms with van der Waals surface area (Å²) < 4.78 is 11.7. The number of non-ortho nitro benzene ring substituents is 2. The summed E-state index contributed by atoms with van der Waals surface area (Å²) in [5.74, 6) is 0. The SMILES string of the molecule is O=[N+]([O-])c1ccc(CN2CCOCCN(Cc3ccc([N+](=O)[O-])cc3)CCOCC2)cc1. The van der Waals surface area contributed by atoms with Crippen molar-refractivity contribution in [2.75, 3.05) is 52.6 Å². The Morgan fingerprint density at radius 1 is 0.625 bits per heavy atom. The first kappa shape index (κ1) is 23.7. The van der Waals surface area contributed by atoms with Crippen molar-refractivity contribution in [3.8, 4) is 0 Å². The lowest BCUT2D eigenvalue weighted by atomic mass is 10.2. The van der Waals surface area contributed by atoms with Gasteiger partial charge >= 0.3 is 0 Å². The van der Waals surface area contributed by atoms with Crippen molar-refractivity contribution < 1.29 is 19.3 Å². The van der Waals surface area contributed by atoms with Gasteiger partial charge in [0.05, 0.1) is 36.3 Å². The molecule has 1 fully saturated rings. The molecule has 2 aromatic carbocycles. The molecule has 10 heteroatoms. The smallest absolute Gasteiger partial charge is 0.269 e. The fourth-order valence-corrected chi connectivity index (χ4v) is 3.48. The molecule has 2 aromatic rings. The second-order valence-corrected chi connectivity index (χ2v) is 7.62. The molecule has 0 N–H and O–H groups in total. The Kier molecular flexibility index (Phi) is 9.05. The molecule has 1 aliphatic heterocycles. The van der Waals surface area contributed by atoms with Gasteiger partial charge in [-0.25, -0.2) is 0 Å². The van der Waals surface area contributed by atoms with Gasteiger partial charge in [-0.15, -0.1) is 0 Å². The fraction of sp³-hybridized carbons (Fsp3) is 0.455. The van der Waals surface area contributed by atoms with Crippen LogP contribution >= 0.6 is 0 Å². The van der Waals surface area contributed by atoms with Crippen LogP contribution in [0.3, 0.4) is 0 Å². The van der Waals surface area contributed by atoms with Gasteiger partial charge < -0.3 is 9.47 Å². The van der Waals surface area contributed by atoms with Gasteiger partial charge in [-0.05, 0) is 11.1 Å². The van der Waals surface area contributed by atoms with E-state index in [2.05, 4.69) is 9.80 Å². The molecule has 0 unspecified atom stereocenters. The first-order valence-corrected chi connectivity index (χ1v) is 10.6. The summed E-state index contributed by atoms with van der Waals surface area (Å²) in [5.41, 5.74) is 2.20. The summed E-state index contributed by atoms with van der Waals surface area (Å²) in [6, 6.07) is 13.2. The third kappa shape index (κ3) is 7.65. The Bertz CT molecular complexity index is 789.